The molecule has 0 aliphatic carbocycles. The number of ether oxygens (including phenoxy) is 3. The van der Waals surface area contributed by atoms with Gasteiger partial charge in [0.1, 0.15) is 17.6 Å². The molecule has 3 aromatic rings. The maximum absolute atomic E-state index is 13.5. The average Bonchev–Trinajstić information content (AvgIpc) is 3.43. The zero-order valence-corrected chi connectivity index (χ0v) is 22.3. The van der Waals surface area contributed by atoms with Gasteiger partial charge in [0.2, 0.25) is 0 Å². The molecule has 2 aliphatic heterocycles. The van der Waals surface area contributed by atoms with Gasteiger partial charge < -0.3 is 24.2 Å². The second kappa shape index (κ2) is 11.2. The number of aromatic nitrogens is 1. The normalized spacial score (nSPS) is 19.6. The molecule has 3 heterocycles. The molecule has 8 nitrogen and oxygen atoms in total. The summed E-state index contributed by atoms with van der Waals surface area (Å²) in [6, 6.07) is 13.5. The molecule has 1 N–H and O–H groups in total. The predicted molar refractivity (Wildman–Crippen MR) is 146 cm³/mol. The van der Waals surface area contributed by atoms with Crippen LogP contribution in [-0.2, 0) is 22.6 Å². The van der Waals surface area contributed by atoms with Gasteiger partial charge in [-0.2, -0.15) is 0 Å². The number of fused-ring (bicyclic) bond motifs is 1. The van der Waals surface area contributed by atoms with E-state index in [2.05, 4.69) is 4.98 Å². The molecule has 39 heavy (non-hydrogen) atoms. The molecule has 2 atom stereocenters. The summed E-state index contributed by atoms with van der Waals surface area (Å²) in [4.78, 5) is 32.6. The molecule has 1 saturated heterocycles. The Labute approximate surface area is 227 Å². The van der Waals surface area contributed by atoms with Crippen LogP contribution in [0, 0.1) is 0 Å². The van der Waals surface area contributed by atoms with Gasteiger partial charge in [0.15, 0.2) is 11.5 Å². The SMILES string of the molecule is CCCOc1ccc(C2/C(=C(/O)c3ccc4c(c3)CC(C)O4)C(=O)C(=O)N2Cc2cccnc2)cc1OCC. The summed E-state index contributed by atoms with van der Waals surface area (Å²) in [5, 5.41) is 11.5. The van der Waals surface area contributed by atoms with Gasteiger partial charge in [-0.25, -0.2) is 0 Å². The zero-order chi connectivity index (χ0) is 27.5. The lowest BCUT2D eigenvalue weighted by atomic mass is 9.94. The van der Waals surface area contributed by atoms with Crippen LogP contribution in [-0.4, -0.2) is 46.0 Å². The number of amides is 1. The third-order valence-electron chi connectivity index (χ3n) is 6.83. The zero-order valence-electron chi connectivity index (χ0n) is 22.3. The number of Topliss-reactive ketones (excluding diaryl/α,β-unsaturated/α-hetero) is 1. The van der Waals surface area contributed by atoms with Crippen molar-refractivity contribution in [3.05, 3.63) is 88.8 Å². The van der Waals surface area contributed by atoms with Crippen LogP contribution in [0.3, 0.4) is 0 Å². The van der Waals surface area contributed by atoms with Crippen LogP contribution < -0.4 is 14.2 Å². The number of benzene rings is 2. The van der Waals surface area contributed by atoms with Crippen LogP contribution in [0.5, 0.6) is 17.2 Å². The van der Waals surface area contributed by atoms with Gasteiger partial charge in [-0.3, -0.25) is 14.6 Å². The number of rotatable bonds is 9. The second-order valence-corrected chi connectivity index (χ2v) is 9.73. The van der Waals surface area contributed by atoms with Gasteiger partial charge in [-0.05, 0) is 73.4 Å². The Bertz CT molecular complexity index is 1420. The molecule has 1 amide bonds. The summed E-state index contributed by atoms with van der Waals surface area (Å²) in [6.45, 7) is 6.97. The highest BCUT2D eigenvalue weighted by Crippen LogP contribution is 2.43. The quantitative estimate of drug-likeness (QED) is 0.231. The largest absolute Gasteiger partial charge is 0.507 e. The van der Waals surface area contributed by atoms with Gasteiger partial charge in [0.25, 0.3) is 11.7 Å². The molecule has 0 saturated carbocycles. The first kappa shape index (κ1) is 26.3. The molecular weight excluding hydrogens is 496 g/mol. The van der Waals surface area contributed by atoms with Crippen molar-refractivity contribution < 1.29 is 28.9 Å². The van der Waals surface area contributed by atoms with Gasteiger partial charge in [0.05, 0.1) is 24.8 Å². The van der Waals surface area contributed by atoms with Gasteiger partial charge in [-0.15, -0.1) is 0 Å². The molecule has 8 heteroatoms. The molecule has 1 aromatic heterocycles. The third kappa shape index (κ3) is 5.19. The summed E-state index contributed by atoms with van der Waals surface area (Å²) >= 11 is 0. The average molecular weight is 529 g/mol. The minimum atomic E-state index is -0.840. The maximum atomic E-state index is 13.5. The van der Waals surface area contributed by atoms with Gasteiger partial charge >= 0.3 is 0 Å². The third-order valence-corrected chi connectivity index (χ3v) is 6.83. The highest BCUT2D eigenvalue weighted by molar-refractivity contribution is 6.46. The van der Waals surface area contributed by atoms with Crippen molar-refractivity contribution in [1.29, 1.82) is 0 Å². The number of aliphatic hydroxyl groups is 1. The Hall–Kier alpha value is -4.33. The summed E-state index contributed by atoms with van der Waals surface area (Å²) in [6.07, 6.45) is 4.88. The molecule has 0 bridgehead atoms. The molecular formula is C31H32N2O6. The summed E-state index contributed by atoms with van der Waals surface area (Å²) in [5.74, 6) is 0.206. The van der Waals surface area contributed by atoms with Crippen molar-refractivity contribution in [2.75, 3.05) is 13.2 Å². The van der Waals surface area contributed by atoms with E-state index in [9.17, 15) is 14.7 Å². The van der Waals surface area contributed by atoms with E-state index in [0.717, 1.165) is 23.3 Å². The number of nitrogens with zero attached hydrogens (tertiary/aromatic N) is 2. The van der Waals surface area contributed by atoms with Crippen LogP contribution in [0.1, 0.15) is 55.5 Å². The minimum absolute atomic E-state index is 0.0282. The first-order chi connectivity index (χ1) is 18.9. The fourth-order valence-electron chi connectivity index (χ4n) is 5.10. The maximum Gasteiger partial charge on any atom is 0.295 e. The van der Waals surface area contributed by atoms with Crippen molar-refractivity contribution in [3.63, 3.8) is 0 Å². The Morgan fingerprint density at radius 3 is 2.69 bits per heavy atom. The van der Waals surface area contributed by atoms with Crippen molar-refractivity contribution in [1.82, 2.24) is 9.88 Å². The molecule has 5 rings (SSSR count). The van der Waals surface area contributed by atoms with Gasteiger partial charge in [0, 0.05) is 30.9 Å². The van der Waals surface area contributed by atoms with Crippen LogP contribution in [0.2, 0.25) is 0 Å². The van der Waals surface area contributed by atoms with E-state index in [0.29, 0.717) is 42.3 Å². The molecule has 1 fully saturated rings. The lowest BCUT2D eigenvalue weighted by molar-refractivity contribution is -0.140. The number of aliphatic hydroxyl groups excluding tert-OH is 1. The van der Waals surface area contributed by atoms with Gasteiger partial charge in [-0.1, -0.05) is 19.1 Å². The predicted octanol–water partition coefficient (Wildman–Crippen LogP) is 5.21. The van der Waals surface area contributed by atoms with E-state index < -0.39 is 17.7 Å². The first-order valence-electron chi connectivity index (χ1n) is 13.3. The number of hydrogen-bond donors (Lipinski definition) is 1. The molecule has 2 unspecified atom stereocenters. The number of carbonyl (C=O) groups excluding carboxylic acids is 2. The fraction of sp³-hybridized carbons (Fsp3) is 0.323. The van der Waals surface area contributed by atoms with Crippen molar-refractivity contribution >= 4 is 17.4 Å². The Morgan fingerprint density at radius 1 is 1.10 bits per heavy atom. The smallest absolute Gasteiger partial charge is 0.295 e. The summed E-state index contributed by atoms with van der Waals surface area (Å²) in [7, 11) is 0. The molecule has 2 aromatic carbocycles. The Morgan fingerprint density at radius 2 is 1.95 bits per heavy atom. The van der Waals surface area contributed by atoms with E-state index in [-0.39, 0.29) is 24.0 Å². The summed E-state index contributed by atoms with van der Waals surface area (Å²) in [5.41, 5.74) is 2.83. The van der Waals surface area contributed by atoms with E-state index in [1.165, 1.54) is 4.90 Å². The first-order valence-corrected chi connectivity index (χ1v) is 13.3. The molecule has 0 spiro atoms. The van der Waals surface area contributed by atoms with Crippen LogP contribution in [0.15, 0.2) is 66.5 Å². The van der Waals surface area contributed by atoms with E-state index in [4.69, 9.17) is 14.2 Å². The summed E-state index contributed by atoms with van der Waals surface area (Å²) < 4.78 is 17.5. The number of ketones is 1. The number of hydrogen-bond acceptors (Lipinski definition) is 7. The van der Waals surface area contributed by atoms with Crippen LogP contribution >= 0.6 is 0 Å². The van der Waals surface area contributed by atoms with Crippen LogP contribution in [0.4, 0.5) is 0 Å². The number of carbonyl (C=O) groups is 2. The lowest BCUT2D eigenvalue weighted by Gasteiger charge is -2.26. The van der Waals surface area contributed by atoms with Crippen molar-refractivity contribution in [3.8, 4) is 17.2 Å². The van der Waals surface area contributed by atoms with E-state index in [1.54, 1.807) is 42.7 Å². The highest BCUT2D eigenvalue weighted by atomic mass is 16.5. The molecule has 2 aliphatic rings. The minimum Gasteiger partial charge on any atom is -0.507 e. The molecule has 0 radical (unpaired) electrons. The lowest BCUT2D eigenvalue weighted by Crippen LogP contribution is -2.29. The van der Waals surface area contributed by atoms with E-state index >= 15 is 0 Å². The number of pyridine rings is 1. The second-order valence-electron chi connectivity index (χ2n) is 9.73. The van der Waals surface area contributed by atoms with Crippen LogP contribution in [0.25, 0.3) is 5.76 Å². The molecule has 202 valence electrons. The topological polar surface area (TPSA) is 98.2 Å². The van der Waals surface area contributed by atoms with Crippen molar-refractivity contribution in [2.45, 2.75) is 52.3 Å². The highest BCUT2D eigenvalue weighted by Gasteiger charge is 2.46. The Balaban J connectivity index is 1.63. The van der Waals surface area contributed by atoms with E-state index in [1.807, 2.05) is 39.0 Å². The standard InChI is InChI=1S/C31H32N2O6/c1-4-13-38-25-11-8-21(16-26(25)37-5-2)28-27(29(34)22-9-10-24-23(15-22)14-19(3)39-24)30(35)31(36)33(28)18-20-7-6-12-32-17-20/h6-12,15-17,19,28,34H,4-5,13-14,18H2,1-3H3/b29-27-. The Kier molecular flexibility index (Phi) is 7.54. The van der Waals surface area contributed by atoms with Crippen molar-refractivity contribution in [2.24, 2.45) is 0 Å². The fourth-order valence-corrected chi connectivity index (χ4v) is 5.10. The monoisotopic (exact) mass is 528 g/mol. The number of likely N-dealkylation sites (tertiary alicyclic amines) is 1.